The van der Waals surface area contributed by atoms with Crippen molar-refractivity contribution in [1.82, 2.24) is 9.88 Å². The Bertz CT molecular complexity index is 784. The first kappa shape index (κ1) is 17.5. The molecule has 1 unspecified atom stereocenters. The molecule has 2 aromatic rings. The fraction of sp³-hybridized carbons (Fsp3) is 0.412. The largest absolute Gasteiger partial charge is 0.416 e. The SMILES string of the molecule is CC(O)C(=O)N1CCN(c2ccc3cc(C(F)(F)F)ccc3n2)CC1. The zero-order chi connectivity index (χ0) is 18.2. The van der Waals surface area contributed by atoms with E-state index in [9.17, 15) is 23.1 Å². The molecule has 3 rings (SSSR count). The molecule has 1 atom stereocenters. The van der Waals surface area contributed by atoms with E-state index in [1.54, 1.807) is 17.0 Å². The first-order valence-corrected chi connectivity index (χ1v) is 7.95. The lowest BCUT2D eigenvalue weighted by atomic mass is 10.1. The molecule has 1 saturated heterocycles. The highest BCUT2D eigenvalue weighted by atomic mass is 19.4. The smallest absolute Gasteiger partial charge is 0.384 e. The van der Waals surface area contributed by atoms with E-state index >= 15 is 0 Å². The van der Waals surface area contributed by atoms with E-state index in [4.69, 9.17) is 0 Å². The van der Waals surface area contributed by atoms with Crippen LogP contribution in [0.2, 0.25) is 0 Å². The van der Waals surface area contributed by atoms with Gasteiger partial charge in [-0.1, -0.05) is 0 Å². The fourth-order valence-electron chi connectivity index (χ4n) is 2.89. The Morgan fingerprint density at radius 2 is 1.84 bits per heavy atom. The molecule has 1 aromatic carbocycles. The molecule has 25 heavy (non-hydrogen) atoms. The van der Waals surface area contributed by atoms with Crippen molar-refractivity contribution in [2.45, 2.75) is 19.2 Å². The number of aliphatic hydroxyl groups is 1. The molecule has 1 N–H and O–H groups in total. The molecule has 1 aromatic heterocycles. The van der Waals surface area contributed by atoms with Crippen molar-refractivity contribution in [2.75, 3.05) is 31.1 Å². The molecular weight excluding hydrogens is 335 g/mol. The summed E-state index contributed by atoms with van der Waals surface area (Å²) in [5.41, 5.74) is -0.201. The van der Waals surface area contributed by atoms with Crippen LogP contribution in [0.3, 0.4) is 0 Å². The van der Waals surface area contributed by atoms with Crippen LogP contribution in [0, 0.1) is 0 Å². The van der Waals surface area contributed by atoms with Crippen molar-refractivity contribution >= 4 is 22.6 Å². The minimum absolute atomic E-state index is 0.300. The van der Waals surface area contributed by atoms with Gasteiger partial charge < -0.3 is 14.9 Å². The standard InChI is InChI=1S/C17H18F3N3O2/c1-11(24)16(25)23-8-6-22(7-9-23)15-5-2-12-10-13(17(18,19)20)3-4-14(12)21-15/h2-5,10-11,24H,6-9H2,1H3. The Labute approximate surface area is 142 Å². The van der Waals surface area contributed by atoms with Crippen LogP contribution in [0.4, 0.5) is 19.0 Å². The number of carbonyl (C=O) groups is 1. The molecule has 8 heteroatoms. The average Bonchev–Trinajstić information content (AvgIpc) is 2.59. The highest BCUT2D eigenvalue weighted by Crippen LogP contribution is 2.31. The maximum atomic E-state index is 12.8. The number of aromatic nitrogens is 1. The third kappa shape index (κ3) is 3.68. The van der Waals surface area contributed by atoms with Crippen LogP contribution in [0.15, 0.2) is 30.3 Å². The monoisotopic (exact) mass is 353 g/mol. The second kappa shape index (κ2) is 6.51. The Kier molecular flexibility index (Phi) is 4.55. The molecular formula is C17H18F3N3O2. The number of fused-ring (bicyclic) bond motifs is 1. The highest BCUT2D eigenvalue weighted by Gasteiger charge is 2.30. The van der Waals surface area contributed by atoms with Crippen LogP contribution < -0.4 is 4.90 Å². The minimum atomic E-state index is -4.38. The van der Waals surface area contributed by atoms with E-state index in [-0.39, 0.29) is 5.91 Å². The number of pyridine rings is 1. The van der Waals surface area contributed by atoms with Crippen LogP contribution >= 0.6 is 0 Å². The quantitative estimate of drug-likeness (QED) is 0.900. The van der Waals surface area contributed by atoms with Crippen LogP contribution in [0.5, 0.6) is 0 Å². The predicted octanol–water partition coefficient (Wildman–Crippen LogP) is 2.28. The van der Waals surface area contributed by atoms with Crippen molar-refractivity contribution in [1.29, 1.82) is 0 Å². The van der Waals surface area contributed by atoms with Crippen molar-refractivity contribution in [3.8, 4) is 0 Å². The lowest BCUT2D eigenvalue weighted by Gasteiger charge is -2.36. The number of rotatable bonds is 2. The van der Waals surface area contributed by atoms with E-state index in [0.717, 1.165) is 12.1 Å². The number of alkyl halides is 3. The summed E-state index contributed by atoms with van der Waals surface area (Å²) in [5.74, 6) is 0.363. The number of benzene rings is 1. The van der Waals surface area contributed by atoms with E-state index in [1.807, 2.05) is 4.90 Å². The van der Waals surface area contributed by atoms with Gasteiger partial charge in [0.15, 0.2) is 0 Å². The Morgan fingerprint density at radius 1 is 1.16 bits per heavy atom. The van der Waals surface area contributed by atoms with E-state index in [0.29, 0.717) is 42.9 Å². The van der Waals surface area contributed by atoms with E-state index in [1.165, 1.54) is 13.0 Å². The maximum Gasteiger partial charge on any atom is 0.416 e. The number of hydrogen-bond donors (Lipinski definition) is 1. The van der Waals surface area contributed by atoms with Crippen molar-refractivity contribution in [3.63, 3.8) is 0 Å². The topological polar surface area (TPSA) is 56.7 Å². The lowest BCUT2D eigenvalue weighted by molar-refractivity contribution is -0.139. The average molecular weight is 353 g/mol. The van der Waals surface area contributed by atoms with Gasteiger partial charge in [-0.2, -0.15) is 13.2 Å². The molecule has 5 nitrogen and oxygen atoms in total. The number of nitrogens with zero attached hydrogens (tertiary/aromatic N) is 3. The summed E-state index contributed by atoms with van der Waals surface area (Å²) in [7, 11) is 0. The first-order valence-electron chi connectivity index (χ1n) is 7.95. The normalized spacial score (nSPS) is 17.0. The summed E-state index contributed by atoms with van der Waals surface area (Å²) in [6.45, 7) is 3.48. The molecule has 2 heterocycles. The van der Waals surface area contributed by atoms with Gasteiger partial charge in [-0.05, 0) is 37.3 Å². The number of piperazine rings is 1. The number of anilines is 1. The number of amides is 1. The molecule has 0 saturated carbocycles. The molecule has 0 bridgehead atoms. The Hall–Kier alpha value is -2.35. The molecule has 1 aliphatic rings. The van der Waals surface area contributed by atoms with Gasteiger partial charge in [-0.25, -0.2) is 4.98 Å². The van der Waals surface area contributed by atoms with Crippen molar-refractivity contribution in [3.05, 3.63) is 35.9 Å². The Morgan fingerprint density at radius 3 is 2.44 bits per heavy atom. The zero-order valence-electron chi connectivity index (χ0n) is 13.6. The van der Waals surface area contributed by atoms with Crippen LogP contribution in [-0.2, 0) is 11.0 Å². The second-order valence-corrected chi connectivity index (χ2v) is 6.06. The van der Waals surface area contributed by atoms with E-state index in [2.05, 4.69) is 4.98 Å². The van der Waals surface area contributed by atoms with Gasteiger partial charge in [0.05, 0.1) is 11.1 Å². The second-order valence-electron chi connectivity index (χ2n) is 6.06. The third-order valence-electron chi connectivity index (χ3n) is 4.27. The first-order chi connectivity index (χ1) is 11.8. The third-order valence-corrected chi connectivity index (χ3v) is 4.27. The summed E-state index contributed by atoms with van der Waals surface area (Å²) < 4.78 is 38.3. The van der Waals surface area contributed by atoms with Gasteiger partial charge in [-0.3, -0.25) is 4.79 Å². The number of carbonyl (C=O) groups excluding carboxylic acids is 1. The summed E-state index contributed by atoms with van der Waals surface area (Å²) in [6.07, 6.45) is -5.40. The molecule has 0 spiro atoms. The molecule has 0 radical (unpaired) electrons. The van der Waals surface area contributed by atoms with Gasteiger partial charge in [-0.15, -0.1) is 0 Å². The van der Waals surface area contributed by atoms with Crippen molar-refractivity contribution in [2.24, 2.45) is 0 Å². The number of aliphatic hydroxyl groups excluding tert-OH is 1. The number of hydrogen-bond acceptors (Lipinski definition) is 4. The molecule has 1 amide bonds. The van der Waals surface area contributed by atoms with Crippen LogP contribution in [0.25, 0.3) is 10.9 Å². The van der Waals surface area contributed by atoms with Crippen LogP contribution in [0.1, 0.15) is 12.5 Å². The van der Waals surface area contributed by atoms with Gasteiger partial charge in [0.2, 0.25) is 0 Å². The number of halogens is 3. The fourth-order valence-corrected chi connectivity index (χ4v) is 2.89. The predicted molar refractivity (Wildman–Crippen MR) is 87.2 cm³/mol. The van der Waals surface area contributed by atoms with Gasteiger partial charge >= 0.3 is 6.18 Å². The van der Waals surface area contributed by atoms with E-state index < -0.39 is 17.8 Å². The molecule has 134 valence electrons. The summed E-state index contributed by atoms with van der Waals surface area (Å²) >= 11 is 0. The maximum absolute atomic E-state index is 12.8. The van der Waals surface area contributed by atoms with Gasteiger partial charge in [0.25, 0.3) is 5.91 Å². The van der Waals surface area contributed by atoms with Crippen molar-refractivity contribution < 1.29 is 23.1 Å². The molecule has 1 fully saturated rings. The summed E-state index contributed by atoms with van der Waals surface area (Å²) in [4.78, 5) is 19.8. The van der Waals surface area contributed by atoms with Crippen LogP contribution in [-0.4, -0.2) is 53.2 Å². The highest BCUT2D eigenvalue weighted by molar-refractivity contribution is 5.82. The zero-order valence-corrected chi connectivity index (χ0v) is 13.6. The lowest BCUT2D eigenvalue weighted by Crippen LogP contribution is -2.51. The van der Waals surface area contributed by atoms with Gasteiger partial charge in [0.1, 0.15) is 11.9 Å². The van der Waals surface area contributed by atoms with Gasteiger partial charge in [0, 0.05) is 31.6 Å². The minimum Gasteiger partial charge on any atom is -0.384 e. The summed E-state index contributed by atoms with van der Waals surface area (Å²) in [5, 5.41) is 9.79. The Balaban J connectivity index is 1.76. The molecule has 1 aliphatic heterocycles. The molecule has 0 aliphatic carbocycles. The summed E-state index contributed by atoms with van der Waals surface area (Å²) in [6, 6.07) is 6.80.